The molecule has 1 atom stereocenters. The number of rotatable bonds is 6. The maximum atomic E-state index is 3.66. The van der Waals surface area contributed by atoms with E-state index in [2.05, 4.69) is 66.3 Å². The lowest BCUT2D eigenvalue weighted by Crippen LogP contribution is -2.39. The highest BCUT2D eigenvalue weighted by Gasteiger charge is 2.22. The number of hydrogen-bond donors (Lipinski definition) is 1. The van der Waals surface area contributed by atoms with Crippen LogP contribution in [0.15, 0.2) is 30.3 Å². The minimum absolute atomic E-state index is 0.497. The van der Waals surface area contributed by atoms with E-state index in [-0.39, 0.29) is 0 Å². The number of nitrogens with zero attached hydrogens (tertiary/aromatic N) is 2. The molecule has 2 rings (SSSR count). The minimum atomic E-state index is 0.497. The van der Waals surface area contributed by atoms with Crippen LogP contribution in [0.25, 0.3) is 0 Å². The van der Waals surface area contributed by atoms with Crippen molar-refractivity contribution in [2.75, 3.05) is 46.3 Å². The summed E-state index contributed by atoms with van der Waals surface area (Å²) in [5, 5.41) is 3.66. The summed E-state index contributed by atoms with van der Waals surface area (Å²) in [6.45, 7) is 11.4. The van der Waals surface area contributed by atoms with Crippen LogP contribution in [0, 0.1) is 5.92 Å². The zero-order chi connectivity index (χ0) is 15.1. The van der Waals surface area contributed by atoms with Crippen molar-refractivity contribution in [2.24, 2.45) is 5.92 Å². The third-order valence-electron chi connectivity index (χ3n) is 4.27. The Hall–Kier alpha value is -0.900. The maximum Gasteiger partial charge on any atom is 0.0473 e. The van der Waals surface area contributed by atoms with Gasteiger partial charge in [0.1, 0.15) is 0 Å². The monoisotopic (exact) mass is 289 g/mol. The highest BCUT2D eigenvalue weighted by Crippen LogP contribution is 2.21. The summed E-state index contributed by atoms with van der Waals surface area (Å²) >= 11 is 0. The third-order valence-corrected chi connectivity index (χ3v) is 4.27. The van der Waals surface area contributed by atoms with Crippen molar-refractivity contribution in [1.82, 2.24) is 15.1 Å². The Morgan fingerprint density at radius 3 is 2.48 bits per heavy atom. The van der Waals surface area contributed by atoms with Crippen LogP contribution in [0.4, 0.5) is 0 Å². The Balaban J connectivity index is 2.03. The molecule has 1 heterocycles. The largest absolute Gasteiger partial charge is 0.315 e. The zero-order valence-corrected chi connectivity index (χ0v) is 13.9. The van der Waals surface area contributed by atoms with E-state index in [1.165, 1.54) is 38.2 Å². The molecule has 1 saturated heterocycles. The molecule has 21 heavy (non-hydrogen) atoms. The number of hydrogen-bond acceptors (Lipinski definition) is 3. The van der Waals surface area contributed by atoms with Gasteiger partial charge in [-0.1, -0.05) is 44.2 Å². The van der Waals surface area contributed by atoms with Crippen molar-refractivity contribution in [3.8, 4) is 0 Å². The zero-order valence-electron chi connectivity index (χ0n) is 13.9. The van der Waals surface area contributed by atoms with E-state index in [9.17, 15) is 0 Å². The van der Waals surface area contributed by atoms with Crippen molar-refractivity contribution in [3.05, 3.63) is 35.9 Å². The molecule has 1 aromatic carbocycles. The first-order valence-corrected chi connectivity index (χ1v) is 8.35. The molecule has 0 amide bonds. The van der Waals surface area contributed by atoms with Gasteiger partial charge in [-0.15, -0.1) is 0 Å². The van der Waals surface area contributed by atoms with Gasteiger partial charge in [-0.2, -0.15) is 0 Å². The molecule has 1 fully saturated rings. The van der Waals surface area contributed by atoms with E-state index in [4.69, 9.17) is 0 Å². The standard InChI is InChI=1S/C18H31N3/c1-16(2)14-19-15-18(17-8-5-4-6-9-17)21-11-7-10-20(3)12-13-21/h4-6,8-9,16,18-19H,7,10-15H2,1-3H3. The van der Waals surface area contributed by atoms with E-state index in [1.807, 2.05) is 0 Å². The highest BCUT2D eigenvalue weighted by atomic mass is 15.2. The van der Waals surface area contributed by atoms with Crippen LogP contribution in [0.2, 0.25) is 0 Å². The molecule has 0 bridgehead atoms. The fourth-order valence-corrected chi connectivity index (χ4v) is 3.02. The van der Waals surface area contributed by atoms with Gasteiger partial charge >= 0.3 is 0 Å². The summed E-state index contributed by atoms with van der Waals surface area (Å²) in [4.78, 5) is 5.11. The lowest BCUT2D eigenvalue weighted by atomic mass is 10.0. The van der Waals surface area contributed by atoms with E-state index < -0.39 is 0 Å². The van der Waals surface area contributed by atoms with Gasteiger partial charge in [0.2, 0.25) is 0 Å². The van der Waals surface area contributed by atoms with Gasteiger partial charge < -0.3 is 10.2 Å². The van der Waals surface area contributed by atoms with E-state index in [1.54, 1.807) is 0 Å². The average Bonchev–Trinajstić information content (AvgIpc) is 2.69. The normalized spacial score (nSPS) is 19.6. The van der Waals surface area contributed by atoms with Gasteiger partial charge in [-0.3, -0.25) is 4.90 Å². The number of likely N-dealkylation sites (N-methyl/N-ethyl adjacent to an activating group) is 1. The molecule has 1 aliphatic heterocycles. The van der Waals surface area contributed by atoms with Crippen LogP contribution < -0.4 is 5.32 Å². The second-order valence-electron chi connectivity index (χ2n) is 6.67. The lowest BCUT2D eigenvalue weighted by Gasteiger charge is -2.31. The first-order valence-electron chi connectivity index (χ1n) is 8.35. The smallest absolute Gasteiger partial charge is 0.0473 e. The summed E-state index contributed by atoms with van der Waals surface area (Å²) in [6.07, 6.45) is 1.27. The highest BCUT2D eigenvalue weighted by molar-refractivity contribution is 5.19. The molecule has 0 saturated carbocycles. The van der Waals surface area contributed by atoms with Crippen molar-refractivity contribution in [2.45, 2.75) is 26.3 Å². The topological polar surface area (TPSA) is 18.5 Å². The molecule has 3 nitrogen and oxygen atoms in total. The Kier molecular flexibility index (Phi) is 6.68. The second-order valence-corrected chi connectivity index (χ2v) is 6.67. The first-order chi connectivity index (χ1) is 10.2. The fraction of sp³-hybridized carbons (Fsp3) is 0.667. The summed E-state index contributed by atoms with van der Waals surface area (Å²) < 4.78 is 0. The van der Waals surface area contributed by atoms with Crippen molar-refractivity contribution in [1.29, 1.82) is 0 Å². The van der Waals surface area contributed by atoms with Gasteiger partial charge in [-0.25, -0.2) is 0 Å². The molecule has 118 valence electrons. The lowest BCUT2D eigenvalue weighted by molar-refractivity contribution is 0.197. The van der Waals surface area contributed by atoms with E-state index >= 15 is 0 Å². The van der Waals surface area contributed by atoms with Crippen LogP contribution in [0.5, 0.6) is 0 Å². The molecule has 0 radical (unpaired) electrons. The molecule has 0 spiro atoms. The predicted molar refractivity (Wildman–Crippen MR) is 90.6 cm³/mol. The van der Waals surface area contributed by atoms with Gasteiger partial charge in [0.05, 0.1) is 0 Å². The van der Waals surface area contributed by atoms with Gasteiger partial charge in [0.25, 0.3) is 0 Å². The van der Waals surface area contributed by atoms with Gasteiger partial charge in [0, 0.05) is 32.2 Å². The Bertz CT molecular complexity index is 391. The average molecular weight is 289 g/mol. The van der Waals surface area contributed by atoms with Crippen molar-refractivity contribution < 1.29 is 0 Å². The Labute approximate surface area is 130 Å². The van der Waals surface area contributed by atoms with Crippen molar-refractivity contribution in [3.63, 3.8) is 0 Å². The molecule has 1 aromatic rings. The van der Waals surface area contributed by atoms with Gasteiger partial charge in [-0.05, 0) is 38.0 Å². The van der Waals surface area contributed by atoms with Crippen LogP contribution >= 0.6 is 0 Å². The molecule has 1 aliphatic rings. The molecule has 1 unspecified atom stereocenters. The predicted octanol–water partition coefficient (Wildman–Crippen LogP) is 2.61. The van der Waals surface area contributed by atoms with Crippen LogP contribution in [-0.4, -0.2) is 56.1 Å². The third kappa shape index (κ3) is 5.42. The maximum absolute atomic E-state index is 3.66. The number of nitrogens with one attached hydrogen (secondary N) is 1. The molecule has 1 N–H and O–H groups in total. The molecular weight excluding hydrogens is 258 g/mol. The number of benzene rings is 1. The summed E-state index contributed by atoms with van der Waals surface area (Å²) in [5.41, 5.74) is 1.44. The van der Waals surface area contributed by atoms with Crippen LogP contribution in [-0.2, 0) is 0 Å². The summed E-state index contributed by atoms with van der Waals surface area (Å²) in [5.74, 6) is 0.705. The Morgan fingerprint density at radius 1 is 1.00 bits per heavy atom. The quantitative estimate of drug-likeness (QED) is 0.868. The molecular formula is C18H31N3. The minimum Gasteiger partial charge on any atom is -0.315 e. The Morgan fingerprint density at radius 2 is 1.76 bits per heavy atom. The summed E-state index contributed by atoms with van der Waals surface area (Å²) in [7, 11) is 2.23. The summed E-state index contributed by atoms with van der Waals surface area (Å²) in [6, 6.07) is 11.5. The fourth-order valence-electron chi connectivity index (χ4n) is 3.02. The van der Waals surface area contributed by atoms with E-state index in [0.29, 0.717) is 12.0 Å². The molecule has 0 aromatic heterocycles. The first kappa shape index (κ1) is 16.5. The van der Waals surface area contributed by atoms with Crippen LogP contribution in [0.3, 0.4) is 0 Å². The second kappa shape index (κ2) is 8.52. The van der Waals surface area contributed by atoms with Gasteiger partial charge in [0.15, 0.2) is 0 Å². The van der Waals surface area contributed by atoms with E-state index in [0.717, 1.165) is 13.1 Å². The van der Waals surface area contributed by atoms with Crippen molar-refractivity contribution >= 4 is 0 Å². The van der Waals surface area contributed by atoms with Crippen LogP contribution in [0.1, 0.15) is 31.9 Å². The molecule has 0 aliphatic carbocycles. The SMILES string of the molecule is CC(C)CNCC(c1ccccc1)N1CCCN(C)CC1. The molecule has 3 heteroatoms.